The second-order valence-corrected chi connectivity index (χ2v) is 14.5. The standard InChI is InChI=1S/C27H41ClF4Si/c1-2-3-6-15-33-16-13-21(14-17-33)20-11-9-19(10-12-20)7-4-5-8-22-18-23(29)25(28)26(30)24(22)27(31)32/h18-21,27,33H,2-17H2,1H3/t19-,20-,21?,33?. The van der Waals surface area contributed by atoms with Gasteiger partial charge < -0.3 is 0 Å². The van der Waals surface area contributed by atoms with Crippen LogP contribution in [-0.4, -0.2) is 8.80 Å². The van der Waals surface area contributed by atoms with Crippen LogP contribution in [0.15, 0.2) is 6.07 Å². The predicted octanol–water partition coefficient (Wildman–Crippen LogP) is 9.90. The van der Waals surface area contributed by atoms with Gasteiger partial charge >= 0.3 is 0 Å². The van der Waals surface area contributed by atoms with E-state index >= 15 is 0 Å². The van der Waals surface area contributed by atoms with E-state index in [2.05, 4.69) is 6.92 Å². The van der Waals surface area contributed by atoms with Gasteiger partial charge in [0.1, 0.15) is 10.8 Å². The Morgan fingerprint density at radius 1 is 0.939 bits per heavy atom. The Balaban J connectivity index is 1.35. The van der Waals surface area contributed by atoms with Crippen molar-refractivity contribution in [3.8, 4) is 0 Å². The van der Waals surface area contributed by atoms with Crippen LogP contribution in [0, 0.1) is 29.4 Å². The zero-order chi connectivity index (χ0) is 23.8. The van der Waals surface area contributed by atoms with Gasteiger partial charge in [-0.2, -0.15) is 0 Å². The summed E-state index contributed by atoms with van der Waals surface area (Å²) in [7, 11) is -0.429. The normalized spacial score (nSPS) is 26.2. The van der Waals surface area contributed by atoms with E-state index in [1.54, 1.807) is 18.1 Å². The second-order valence-electron chi connectivity index (χ2n) is 10.7. The van der Waals surface area contributed by atoms with E-state index in [0.29, 0.717) is 12.3 Å². The van der Waals surface area contributed by atoms with Crippen molar-refractivity contribution in [2.75, 3.05) is 0 Å². The van der Waals surface area contributed by atoms with Crippen LogP contribution in [0.1, 0.15) is 102 Å². The van der Waals surface area contributed by atoms with Crippen molar-refractivity contribution in [1.29, 1.82) is 0 Å². The zero-order valence-corrected chi connectivity index (χ0v) is 22.1. The van der Waals surface area contributed by atoms with E-state index < -0.39 is 37.4 Å². The average molecular weight is 505 g/mol. The van der Waals surface area contributed by atoms with Crippen molar-refractivity contribution in [1.82, 2.24) is 0 Å². The highest BCUT2D eigenvalue weighted by Crippen LogP contribution is 2.42. The smallest absolute Gasteiger partial charge is 0.205 e. The fourth-order valence-corrected chi connectivity index (χ4v) is 10.1. The summed E-state index contributed by atoms with van der Waals surface area (Å²) in [6.07, 6.45) is 12.4. The van der Waals surface area contributed by atoms with Crippen LogP contribution in [0.2, 0.25) is 23.2 Å². The minimum absolute atomic E-state index is 0.0574. The van der Waals surface area contributed by atoms with Gasteiger partial charge in [-0.1, -0.05) is 94.4 Å². The molecule has 0 bridgehead atoms. The van der Waals surface area contributed by atoms with E-state index in [0.717, 1.165) is 30.7 Å². The van der Waals surface area contributed by atoms with Crippen LogP contribution in [-0.2, 0) is 6.42 Å². The third-order valence-corrected chi connectivity index (χ3v) is 12.3. The minimum atomic E-state index is -2.98. The molecule has 0 nitrogen and oxygen atoms in total. The molecular formula is C27H41ClF4Si. The summed E-state index contributed by atoms with van der Waals surface area (Å²) in [4.78, 5) is 0. The molecule has 0 spiro atoms. The topological polar surface area (TPSA) is 0 Å². The lowest BCUT2D eigenvalue weighted by Crippen LogP contribution is -2.28. The first-order valence-electron chi connectivity index (χ1n) is 13.3. The fourth-order valence-electron chi connectivity index (χ4n) is 6.43. The molecule has 3 rings (SSSR count). The lowest BCUT2D eigenvalue weighted by atomic mass is 9.73. The summed E-state index contributed by atoms with van der Waals surface area (Å²) in [5.41, 5.74) is -0.674. The second kappa shape index (κ2) is 13.5. The van der Waals surface area contributed by atoms with Gasteiger partial charge in [0.2, 0.25) is 0 Å². The zero-order valence-electron chi connectivity index (χ0n) is 20.2. The molecule has 33 heavy (non-hydrogen) atoms. The molecule has 6 heteroatoms. The van der Waals surface area contributed by atoms with E-state index in [1.807, 2.05) is 0 Å². The van der Waals surface area contributed by atoms with Crippen LogP contribution in [0.3, 0.4) is 0 Å². The molecule has 2 aliphatic rings. The molecule has 1 aliphatic carbocycles. The molecule has 0 aromatic heterocycles. The number of alkyl halides is 2. The summed E-state index contributed by atoms with van der Waals surface area (Å²) in [5.74, 6) is 0.334. The maximum Gasteiger partial charge on any atom is 0.266 e. The van der Waals surface area contributed by atoms with E-state index in [1.165, 1.54) is 57.8 Å². The highest BCUT2D eigenvalue weighted by atomic mass is 35.5. The van der Waals surface area contributed by atoms with Gasteiger partial charge in [-0.3, -0.25) is 0 Å². The molecule has 1 aromatic carbocycles. The molecule has 1 aromatic rings. The Bertz CT molecular complexity index is 725. The van der Waals surface area contributed by atoms with E-state index in [9.17, 15) is 17.6 Å². The highest BCUT2D eigenvalue weighted by molar-refractivity contribution is 6.58. The quantitative estimate of drug-likeness (QED) is 0.122. The predicted molar refractivity (Wildman–Crippen MR) is 133 cm³/mol. The van der Waals surface area contributed by atoms with Crippen molar-refractivity contribution < 1.29 is 17.6 Å². The Hall–Kier alpha value is -0.553. The number of hydrogen-bond acceptors (Lipinski definition) is 0. The average Bonchev–Trinajstić information content (AvgIpc) is 2.81. The SMILES string of the molecule is CCCCC[SiH]1CCC([C@H]2CC[C@H](CCCCc3cc(F)c(Cl)c(F)c3C(F)F)CC2)CC1. The van der Waals surface area contributed by atoms with Gasteiger partial charge in [0.05, 0.1) is 5.56 Å². The minimum Gasteiger partial charge on any atom is -0.205 e. The lowest BCUT2D eigenvalue weighted by Gasteiger charge is -2.37. The van der Waals surface area contributed by atoms with Crippen LogP contribution in [0.5, 0.6) is 0 Å². The Labute approximate surface area is 204 Å². The van der Waals surface area contributed by atoms with E-state index in [-0.39, 0.29) is 12.0 Å². The molecule has 0 unspecified atom stereocenters. The van der Waals surface area contributed by atoms with Crippen LogP contribution in [0.25, 0.3) is 0 Å². The largest absolute Gasteiger partial charge is 0.266 e. The third kappa shape index (κ3) is 7.72. The first-order chi connectivity index (χ1) is 15.9. The van der Waals surface area contributed by atoms with Gasteiger partial charge in [0, 0.05) is 8.80 Å². The number of halogens is 5. The van der Waals surface area contributed by atoms with Gasteiger partial charge in [-0.15, -0.1) is 0 Å². The molecule has 1 heterocycles. The first kappa shape index (κ1) is 27.0. The van der Waals surface area contributed by atoms with Crippen molar-refractivity contribution in [2.24, 2.45) is 17.8 Å². The molecule has 1 aliphatic heterocycles. The Morgan fingerprint density at radius 2 is 1.61 bits per heavy atom. The number of aryl methyl sites for hydroxylation is 1. The number of rotatable bonds is 11. The Kier molecular flexibility index (Phi) is 11.1. The maximum atomic E-state index is 14.0. The molecule has 0 radical (unpaired) electrons. The molecule has 0 amide bonds. The Morgan fingerprint density at radius 3 is 2.24 bits per heavy atom. The number of hydrogen-bond donors (Lipinski definition) is 0. The van der Waals surface area contributed by atoms with Crippen molar-refractivity contribution in [2.45, 2.75) is 115 Å². The summed E-state index contributed by atoms with van der Waals surface area (Å²) < 4.78 is 54.3. The number of benzene rings is 1. The molecule has 1 saturated carbocycles. The molecule has 1 saturated heterocycles. The lowest BCUT2D eigenvalue weighted by molar-refractivity contribution is 0.145. The van der Waals surface area contributed by atoms with Crippen molar-refractivity contribution in [3.05, 3.63) is 33.9 Å². The van der Waals surface area contributed by atoms with Gasteiger partial charge in [-0.25, -0.2) is 17.6 Å². The van der Waals surface area contributed by atoms with Gasteiger partial charge in [0.15, 0.2) is 5.82 Å². The third-order valence-electron chi connectivity index (χ3n) is 8.48. The maximum absolute atomic E-state index is 14.0. The van der Waals surface area contributed by atoms with Crippen molar-refractivity contribution >= 4 is 20.4 Å². The van der Waals surface area contributed by atoms with Crippen LogP contribution >= 0.6 is 11.6 Å². The van der Waals surface area contributed by atoms with Gasteiger partial charge in [0.25, 0.3) is 6.43 Å². The molecule has 0 N–H and O–H groups in total. The number of unbranched alkanes of at least 4 members (excludes halogenated alkanes) is 3. The summed E-state index contributed by atoms with van der Waals surface area (Å²) >= 11 is 5.48. The molecule has 0 atom stereocenters. The summed E-state index contributed by atoms with van der Waals surface area (Å²) in [5, 5.41) is -0.835. The van der Waals surface area contributed by atoms with Gasteiger partial charge in [-0.05, 0) is 55.1 Å². The molecule has 188 valence electrons. The van der Waals surface area contributed by atoms with Crippen LogP contribution < -0.4 is 0 Å². The van der Waals surface area contributed by atoms with Crippen LogP contribution in [0.4, 0.5) is 17.6 Å². The van der Waals surface area contributed by atoms with E-state index in [4.69, 9.17) is 11.6 Å². The monoisotopic (exact) mass is 504 g/mol. The summed E-state index contributed by atoms with van der Waals surface area (Å²) in [6, 6.07) is 5.70. The first-order valence-corrected chi connectivity index (χ1v) is 16.2. The molecular weight excluding hydrogens is 464 g/mol. The fraction of sp³-hybridized carbons (Fsp3) is 0.778. The molecule has 2 fully saturated rings. The highest BCUT2D eigenvalue weighted by Gasteiger charge is 2.31. The summed E-state index contributed by atoms with van der Waals surface area (Å²) in [6.45, 7) is 2.29. The van der Waals surface area contributed by atoms with Crippen molar-refractivity contribution in [3.63, 3.8) is 0 Å².